The molecule has 2 heterocycles. The molecule has 2 aromatic rings. The van der Waals surface area contributed by atoms with E-state index >= 15 is 0 Å². The molecule has 0 aliphatic heterocycles. The molecular weight excluding hydrogens is 242 g/mol. The number of hydrogen-bond acceptors (Lipinski definition) is 4. The van der Waals surface area contributed by atoms with Crippen molar-refractivity contribution in [3.8, 4) is 5.75 Å². The van der Waals surface area contributed by atoms with Crippen LogP contribution in [0.25, 0.3) is 0 Å². The highest BCUT2D eigenvalue weighted by atomic mass is 16.5. The zero-order valence-corrected chi connectivity index (χ0v) is 11.5. The molecule has 19 heavy (non-hydrogen) atoms. The van der Waals surface area contributed by atoms with Gasteiger partial charge in [0.2, 0.25) is 0 Å². The van der Waals surface area contributed by atoms with Gasteiger partial charge >= 0.3 is 0 Å². The van der Waals surface area contributed by atoms with Gasteiger partial charge in [-0.05, 0) is 13.3 Å². The van der Waals surface area contributed by atoms with Crippen molar-refractivity contribution in [2.24, 2.45) is 0 Å². The van der Waals surface area contributed by atoms with Crippen LogP contribution in [0.2, 0.25) is 0 Å². The Morgan fingerprint density at radius 3 is 2.89 bits per heavy atom. The summed E-state index contributed by atoms with van der Waals surface area (Å²) in [5.74, 6) is 1.49. The summed E-state index contributed by atoms with van der Waals surface area (Å²) in [4.78, 5) is 8.57. The third-order valence-electron chi connectivity index (χ3n) is 3.10. The van der Waals surface area contributed by atoms with Crippen LogP contribution in [0.5, 0.6) is 5.75 Å². The summed E-state index contributed by atoms with van der Waals surface area (Å²) in [6.45, 7) is 4.46. The maximum Gasteiger partial charge on any atom is 0.137 e. The molecule has 1 unspecified atom stereocenters. The topological polar surface area (TPSA) is 60.2 Å². The zero-order valence-electron chi connectivity index (χ0n) is 11.5. The third-order valence-corrected chi connectivity index (χ3v) is 3.10. The predicted octanol–water partition coefficient (Wildman–Crippen LogP) is 2.09. The van der Waals surface area contributed by atoms with E-state index < -0.39 is 6.10 Å². The first kappa shape index (κ1) is 13.5. The van der Waals surface area contributed by atoms with E-state index in [0.717, 1.165) is 17.0 Å². The van der Waals surface area contributed by atoms with Gasteiger partial charge in [0.15, 0.2) is 0 Å². The van der Waals surface area contributed by atoms with Gasteiger partial charge in [0.25, 0.3) is 0 Å². The summed E-state index contributed by atoms with van der Waals surface area (Å²) in [6.07, 6.45) is 5.44. The molecule has 2 aromatic heterocycles. The lowest BCUT2D eigenvalue weighted by Crippen LogP contribution is -2.10. The molecule has 0 bridgehead atoms. The Kier molecular flexibility index (Phi) is 4.16. The van der Waals surface area contributed by atoms with Gasteiger partial charge in [-0.1, -0.05) is 6.92 Å². The Morgan fingerprint density at radius 1 is 1.42 bits per heavy atom. The SMILES string of the molecule is CCC(O)c1nccn1Cc1cc(OC)c(C)cn1. The molecule has 5 heteroatoms. The monoisotopic (exact) mass is 261 g/mol. The number of aryl methyl sites for hydroxylation is 1. The van der Waals surface area contributed by atoms with Crippen molar-refractivity contribution >= 4 is 0 Å². The average Bonchev–Trinajstić information content (AvgIpc) is 2.88. The fourth-order valence-electron chi connectivity index (χ4n) is 1.96. The van der Waals surface area contributed by atoms with Gasteiger partial charge in [-0.2, -0.15) is 0 Å². The van der Waals surface area contributed by atoms with Crippen LogP contribution in [-0.2, 0) is 6.54 Å². The highest BCUT2D eigenvalue weighted by Crippen LogP contribution is 2.19. The van der Waals surface area contributed by atoms with E-state index in [2.05, 4.69) is 9.97 Å². The Morgan fingerprint density at radius 2 is 2.21 bits per heavy atom. The number of aliphatic hydroxyl groups excluding tert-OH is 1. The van der Waals surface area contributed by atoms with E-state index in [-0.39, 0.29) is 0 Å². The molecule has 1 N–H and O–H groups in total. The predicted molar refractivity (Wildman–Crippen MR) is 72.1 cm³/mol. The first-order chi connectivity index (χ1) is 9.15. The smallest absolute Gasteiger partial charge is 0.137 e. The van der Waals surface area contributed by atoms with Crippen molar-refractivity contribution < 1.29 is 9.84 Å². The average molecular weight is 261 g/mol. The van der Waals surface area contributed by atoms with Crippen molar-refractivity contribution in [3.05, 3.63) is 41.7 Å². The van der Waals surface area contributed by atoms with Gasteiger partial charge in [-0.15, -0.1) is 0 Å². The summed E-state index contributed by atoms with van der Waals surface area (Å²) in [5, 5.41) is 9.89. The van der Waals surface area contributed by atoms with Crippen LogP contribution in [-0.4, -0.2) is 26.8 Å². The zero-order chi connectivity index (χ0) is 13.8. The minimum Gasteiger partial charge on any atom is -0.496 e. The van der Waals surface area contributed by atoms with E-state index in [0.29, 0.717) is 18.8 Å². The maximum atomic E-state index is 9.89. The molecule has 102 valence electrons. The third kappa shape index (κ3) is 2.93. The lowest BCUT2D eigenvalue weighted by atomic mass is 10.2. The molecule has 0 aliphatic rings. The molecule has 0 aromatic carbocycles. The van der Waals surface area contributed by atoms with Crippen molar-refractivity contribution in [1.29, 1.82) is 0 Å². The summed E-state index contributed by atoms with van der Waals surface area (Å²) < 4.78 is 7.20. The number of aliphatic hydroxyl groups is 1. The molecule has 5 nitrogen and oxygen atoms in total. The Labute approximate surface area is 112 Å². The summed E-state index contributed by atoms with van der Waals surface area (Å²) in [7, 11) is 1.65. The van der Waals surface area contributed by atoms with Gasteiger partial charge in [-0.25, -0.2) is 4.98 Å². The summed E-state index contributed by atoms with van der Waals surface area (Å²) >= 11 is 0. The van der Waals surface area contributed by atoms with Crippen LogP contribution in [0.15, 0.2) is 24.7 Å². The maximum absolute atomic E-state index is 9.89. The van der Waals surface area contributed by atoms with E-state index in [1.165, 1.54) is 0 Å². The van der Waals surface area contributed by atoms with Crippen molar-refractivity contribution in [2.45, 2.75) is 32.9 Å². The van der Waals surface area contributed by atoms with Gasteiger partial charge in [0.1, 0.15) is 17.7 Å². The molecule has 0 aliphatic carbocycles. The highest BCUT2D eigenvalue weighted by molar-refractivity contribution is 5.32. The largest absolute Gasteiger partial charge is 0.496 e. The standard InChI is InChI=1S/C14H19N3O2/c1-4-12(18)14-15-5-6-17(14)9-11-7-13(19-3)10(2)8-16-11/h5-8,12,18H,4,9H2,1-3H3. The molecule has 2 rings (SSSR count). The van der Waals surface area contributed by atoms with E-state index in [4.69, 9.17) is 4.74 Å². The highest BCUT2D eigenvalue weighted by Gasteiger charge is 2.12. The number of pyridine rings is 1. The lowest BCUT2D eigenvalue weighted by Gasteiger charge is -2.12. The molecule has 0 radical (unpaired) electrons. The van der Waals surface area contributed by atoms with Crippen LogP contribution in [0.1, 0.15) is 36.5 Å². The molecular formula is C14H19N3O2. The molecule has 0 saturated carbocycles. The normalized spacial score (nSPS) is 12.4. The minimum absolute atomic E-state index is 0.539. The number of imidazole rings is 1. The van der Waals surface area contributed by atoms with Crippen molar-refractivity contribution in [3.63, 3.8) is 0 Å². The molecule has 0 spiro atoms. The van der Waals surface area contributed by atoms with E-state index in [1.807, 2.05) is 30.7 Å². The van der Waals surface area contributed by atoms with Gasteiger partial charge < -0.3 is 14.4 Å². The number of ether oxygens (including phenoxy) is 1. The molecule has 0 amide bonds. The van der Waals surface area contributed by atoms with Crippen molar-refractivity contribution in [2.75, 3.05) is 7.11 Å². The van der Waals surface area contributed by atoms with Crippen LogP contribution < -0.4 is 4.74 Å². The van der Waals surface area contributed by atoms with Crippen LogP contribution in [0, 0.1) is 6.92 Å². The van der Waals surface area contributed by atoms with E-state index in [1.54, 1.807) is 19.5 Å². The van der Waals surface area contributed by atoms with Crippen LogP contribution >= 0.6 is 0 Å². The van der Waals surface area contributed by atoms with Crippen LogP contribution in [0.3, 0.4) is 0 Å². The van der Waals surface area contributed by atoms with Crippen LogP contribution in [0.4, 0.5) is 0 Å². The second kappa shape index (κ2) is 5.84. The second-order valence-electron chi connectivity index (χ2n) is 4.48. The Hall–Kier alpha value is -1.88. The number of hydrogen-bond donors (Lipinski definition) is 1. The first-order valence-corrected chi connectivity index (χ1v) is 6.34. The molecule has 0 saturated heterocycles. The summed E-state index contributed by atoms with van der Waals surface area (Å²) in [5.41, 5.74) is 1.88. The number of rotatable bonds is 5. The summed E-state index contributed by atoms with van der Waals surface area (Å²) in [6, 6.07) is 1.91. The van der Waals surface area contributed by atoms with E-state index in [9.17, 15) is 5.11 Å². The Bertz CT molecular complexity index is 551. The Balaban J connectivity index is 2.24. The number of aromatic nitrogens is 3. The van der Waals surface area contributed by atoms with Gasteiger partial charge in [-0.3, -0.25) is 4.98 Å². The minimum atomic E-state index is -0.539. The molecule has 0 fully saturated rings. The lowest BCUT2D eigenvalue weighted by molar-refractivity contribution is 0.159. The van der Waals surface area contributed by atoms with Gasteiger partial charge in [0, 0.05) is 30.2 Å². The fraction of sp³-hybridized carbons (Fsp3) is 0.429. The quantitative estimate of drug-likeness (QED) is 0.895. The molecule has 1 atom stereocenters. The van der Waals surface area contributed by atoms with Crippen molar-refractivity contribution in [1.82, 2.24) is 14.5 Å². The first-order valence-electron chi connectivity index (χ1n) is 6.34. The number of nitrogens with zero attached hydrogens (tertiary/aromatic N) is 3. The second-order valence-corrected chi connectivity index (χ2v) is 4.48. The fourth-order valence-corrected chi connectivity index (χ4v) is 1.96. The number of methoxy groups -OCH3 is 1. The van der Waals surface area contributed by atoms with Gasteiger partial charge in [0.05, 0.1) is 19.3 Å².